The Hall–Kier alpha value is -3.24. The van der Waals surface area contributed by atoms with Gasteiger partial charge in [0.15, 0.2) is 11.5 Å². The Bertz CT molecular complexity index is 986. The molecule has 1 fully saturated rings. The molecule has 0 aliphatic carbocycles. The molecule has 1 aliphatic heterocycles. The molecule has 1 amide bonds. The van der Waals surface area contributed by atoms with Gasteiger partial charge in [-0.2, -0.15) is 5.26 Å². The summed E-state index contributed by atoms with van der Waals surface area (Å²) in [6.07, 6.45) is 0.0217. The molecule has 0 saturated carbocycles. The number of benzene rings is 2. The maximum atomic E-state index is 12.7. The first-order valence-corrected chi connectivity index (χ1v) is 9.37. The van der Waals surface area contributed by atoms with E-state index in [1.54, 1.807) is 38.3 Å². The molecule has 1 atom stereocenters. The van der Waals surface area contributed by atoms with Gasteiger partial charge >= 0.3 is 5.97 Å². The van der Waals surface area contributed by atoms with Gasteiger partial charge in [-0.25, -0.2) is 0 Å². The third-order valence-corrected chi connectivity index (χ3v) is 4.75. The molecule has 3 rings (SSSR count). The fraction of sp³-hybridized carbons (Fsp3) is 0.286. The summed E-state index contributed by atoms with van der Waals surface area (Å²) < 4.78 is 16.1. The molecule has 2 aromatic rings. The summed E-state index contributed by atoms with van der Waals surface area (Å²) >= 11 is 6.19. The topological polar surface area (TPSA) is 88.9 Å². The highest BCUT2D eigenvalue weighted by Gasteiger charge is 2.37. The number of carbonyl (C=O) groups excluding carboxylic acids is 2. The van der Waals surface area contributed by atoms with E-state index in [9.17, 15) is 9.59 Å². The lowest BCUT2D eigenvalue weighted by Gasteiger charge is -2.18. The molecule has 0 unspecified atom stereocenters. The maximum Gasteiger partial charge on any atom is 0.316 e. The van der Waals surface area contributed by atoms with Crippen LogP contribution in [0, 0.1) is 17.2 Å². The normalized spacial score (nSPS) is 15.7. The van der Waals surface area contributed by atoms with Gasteiger partial charge < -0.3 is 19.1 Å². The zero-order valence-electron chi connectivity index (χ0n) is 16.0. The molecular formula is C21H19ClN2O5. The Morgan fingerprint density at radius 3 is 2.83 bits per heavy atom. The molecule has 0 bridgehead atoms. The number of esters is 1. The second-order valence-corrected chi connectivity index (χ2v) is 6.77. The van der Waals surface area contributed by atoms with Crippen LogP contribution in [0.15, 0.2) is 36.4 Å². The van der Waals surface area contributed by atoms with E-state index in [1.165, 1.54) is 17.0 Å². The number of halogens is 1. The SMILES string of the molecule is CCOc1cc(C#N)cc(Cl)c1OC(=O)[C@H]1CC(=O)N(c2cccc(OC)c2)C1. The molecule has 2 aromatic carbocycles. The van der Waals surface area contributed by atoms with Crippen LogP contribution < -0.4 is 19.1 Å². The zero-order valence-corrected chi connectivity index (χ0v) is 16.7. The summed E-state index contributed by atoms with van der Waals surface area (Å²) in [5.74, 6) is -0.557. The second-order valence-electron chi connectivity index (χ2n) is 6.36. The number of nitriles is 1. The fourth-order valence-corrected chi connectivity index (χ4v) is 3.32. The van der Waals surface area contributed by atoms with Gasteiger partial charge in [-0.15, -0.1) is 0 Å². The van der Waals surface area contributed by atoms with Gasteiger partial charge in [0.1, 0.15) is 5.75 Å². The molecule has 1 heterocycles. The van der Waals surface area contributed by atoms with Crippen molar-refractivity contribution in [2.75, 3.05) is 25.2 Å². The molecule has 7 nitrogen and oxygen atoms in total. The number of hydrogen-bond donors (Lipinski definition) is 0. The van der Waals surface area contributed by atoms with Crippen molar-refractivity contribution < 1.29 is 23.8 Å². The van der Waals surface area contributed by atoms with Crippen LogP contribution in [0.5, 0.6) is 17.2 Å². The van der Waals surface area contributed by atoms with Gasteiger partial charge in [0.05, 0.1) is 36.3 Å². The third-order valence-electron chi connectivity index (χ3n) is 4.46. The number of carbonyl (C=O) groups is 2. The minimum Gasteiger partial charge on any atom is -0.497 e. The number of amides is 1. The number of methoxy groups -OCH3 is 1. The van der Waals surface area contributed by atoms with Crippen molar-refractivity contribution in [1.82, 2.24) is 0 Å². The highest BCUT2D eigenvalue weighted by atomic mass is 35.5. The third kappa shape index (κ3) is 4.44. The largest absolute Gasteiger partial charge is 0.497 e. The van der Waals surface area contributed by atoms with E-state index in [0.29, 0.717) is 23.6 Å². The molecule has 0 spiro atoms. The summed E-state index contributed by atoms with van der Waals surface area (Å²) in [5.41, 5.74) is 0.939. The zero-order chi connectivity index (χ0) is 21.0. The van der Waals surface area contributed by atoms with Crippen molar-refractivity contribution in [3.8, 4) is 23.3 Å². The quantitative estimate of drug-likeness (QED) is 0.530. The summed E-state index contributed by atoms with van der Waals surface area (Å²) in [7, 11) is 1.54. The minimum atomic E-state index is -0.658. The molecule has 1 saturated heterocycles. The predicted molar refractivity (Wildman–Crippen MR) is 106 cm³/mol. The van der Waals surface area contributed by atoms with Crippen LogP contribution in [0.1, 0.15) is 18.9 Å². The van der Waals surface area contributed by atoms with Crippen LogP contribution in [-0.4, -0.2) is 32.1 Å². The average molecular weight is 415 g/mol. The van der Waals surface area contributed by atoms with Crippen LogP contribution in [0.25, 0.3) is 0 Å². The van der Waals surface area contributed by atoms with Crippen LogP contribution in [0.4, 0.5) is 5.69 Å². The van der Waals surface area contributed by atoms with Crippen molar-refractivity contribution in [3.63, 3.8) is 0 Å². The number of hydrogen-bond acceptors (Lipinski definition) is 6. The van der Waals surface area contributed by atoms with Gasteiger partial charge in [0.2, 0.25) is 5.91 Å². The van der Waals surface area contributed by atoms with Gasteiger partial charge in [0, 0.05) is 30.8 Å². The van der Waals surface area contributed by atoms with Crippen molar-refractivity contribution in [2.24, 2.45) is 5.92 Å². The molecular weight excluding hydrogens is 396 g/mol. The molecule has 0 aromatic heterocycles. The first kappa shape index (κ1) is 20.5. The Morgan fingerprint density at radius 2 is 2.14 bits per heavy atom. The Kier molecular flexibility index (Phi) is 6.25. The van der Waals surface area contributed by atoms with Crippen molar-refractivity contribution in [1.29, 1.82) is 5.26 Å². The minimum absolute atomic E-state index is 0.0217. The number of nitrogens with zero attached hydrogens (tertiary/aromatic N) is 2. The van der Waals surface area contributed by atoms with Crippen molar-refractivity contribution in [2.45, 2.75) is 13.3 Å². The number of ether oxygens (including phenoxy) is 3. The van der Waals surface area contributed by atoms with E-state index in [4.69, 9.17) is 31.1 Å². The average Bonchev–Trinajstić information content (AvgIpc) is 3.12. The van der Waals surface area contributed by atoms with Crippen LogP contribution in [0.3, 0.4) is 0 Å². The van der Waals surface area contributed by atoms with E-state index in [-0.39, 0.29) is 35.4 Å². The van der Waals surface area contributed by atoms with E-state index in [2.05, 4.69) is 0 Å². The molecule has 150 valence electrons. The predicted octanol–water partition coefficient (Wildman–Crippen LogP) is 3.58. The van der Waals surface area contributed by atoms with E-state index < -0.39 is 11.9 Å². The standard InChI is InChI=1S/C21H19ClN2O5/c1-3-28-18-8-13(11-23)7-17(22)20(18)29-21(26)14-9-19(25)24(12-14)15-5-4-6-16(10-15)27-2/h4-8,10,14H,3,9,12H2,1-2H3/t14-/m0/s1. The van der Waals surface area contributed by atoms with E-state index >= 15 is 0 Å². The maximum absolute atomic E-state index is 12.7. The first-order valence-electron chi connectivity index (χ1n) is 8.99. The monoisotopic (exact) mass is 414 g/mol. The summed E-state index contributed by atoms with van der Waals surface area (Å²) in [6.45, 7) is 2.25. The smallest absolute Gasteiger partial charge is 0.316 e. The van der Waals surface area contributed by atoms with Gasteiger partial charge in [-0.1, -0.05) is 17.7 Å². The molecule has 29 heavy (non-hydrogen) atoms. The van der Waals surface area contributed by atoms with Gasteiger partial charge in [-0.05, 0) is 25.1 Å². The van der Waals surface area contributed by atoms with E-state index in [1.807, 2.05) is 6.07 Å². The van der Waals surface area contributed by atoms with Crippen LogP contribution >= 0.6 is 11.6 Å². The van der Waals surface area contributed by atoms with Crippen molar-refractivity contribution >= 4 is 29.2 Å². The second kappa shape index (κ2) is 8.84. The van der Waals surface area contributed by atoms with Gasteiger partial charge in [0.25, 0.3) is 0 Å². The van der Waals surface area contributed by atoms with Crippen LogP contribution in [-0.2, 0) is 9.59 Å². The molecule has 0 N–H and O–H groups in total. The molecule has 0 radical (unpaired) electrons. The van der Waals surface area contributed by atoms with Crippen molar-refractivity contribution in [3.05, 3.63) is 47.0 Å². The van der Waals surface area contributed by atoms with Crippen LogP contribution in [0.2, 0.25) is 5.02 Å². The summed E-state index contributed by atoms with van der Waals surface area (Å²) in [4.78, 5) is 26.7. The Morgan fingerprint density at radius 1 is 1.34 bits per heavy atom. The highest BCUT2D eigenvalue weighted by molar-refractivity contribution is 6.32. The summed E-state index contributed by atoms with van der Waals surface area (Å²) in [6, 6.07) is 11.9. The lowest BCUT2D eigenvalue weighted by atomic mass is 10.1. The lowest BCUT2D eigenvalue weighted by molar-refractivity contribution is -0.139. The molecule has 1 aliphatic rings. The molecule has 8 heteroatoms. The highest BCUT2D eigenvalue weighted by Crippen LogP contribution is 2.38. The first-order chi connectivity index (χ1) is 14.0. The fourth-order valence-electron chi connectivity index (χ4n) is 3.07. The van der Waals surface area contributed by atoms with E-state index in [0.717, 1.165) is 0 Å². The van der Waals surface area contributed by atoms with Gasteiger partial charge in [-0.3, -0.25) is 9.59 Å². The summed E-state index contributed by atoms with van der Waals surface area (Å²) in [5, 5.41) is 9.17. The lowest BCUT2D eigenvalue weighted by Crippen LogP contribution is -2.27. The number of rotatable bonds is 6. The number of anilines is 1. The Balaban J connectivity index is 1.78. The Labute approximate surface area is 173 Å².